The second kappa shape index (κ2) is 6.99. The lowest BCUT2D eigenvalue weighted by Crippen LogP contribution is -2.03. The first-order valence-electron chi connectivity index (χ1n) is 4.88. The van der Waals surface area contributed by atoms with Crippen LogP contribution >= 0.6 is 23.4 Å². The molecule has 0 saturated heterocycles. The van der Waals surface area contributed by atoms with Crippen LogP contribution in [0.4, 0.5) is 0 Å². The van der Waals surface area contributed by atoms with Crippen molar-refractivity contribution >= 4 is 23.4 Å². The SMILES string of the molecule is CSCCOc1ccc(CCN)cc1Cl. The standard InChI is InChI=1S/C11H16ClNOS/c1-15-7-6-14-11-3-2-9(4-5-13)8-10(11)12/h2-3,8H,4-7,13H2,1H3. The zero-order valence-electron chi connectivity index (χ0n) is 8.83. The summed E-state index contributed by atoms with van der Waals surface area (Å²) in [7, 11) is 0. The number of benzene rings is 1. The van der Waals surface area contributed by atoms with E-state index >= 15 is 0 Å². The third kappa shape index (κ3) is 4.33. The van der Waals surface area contributed by atoms with Gasteiger partial charge in [-0.3, -0.25) is 0 Å². The van der Waals surface area contributed by atoms with Crippen molar-refractivity contribution in [3.8, 4) is 5.75 Å². The molecule has 0 heterocycles. The van der Waals surface area contributed by atoms with Crippen molar-refractivity contribution in [2.45, 2.75) is 6.42 Å². The van der Waals surface area contributed by atoms with Gasteiger partial charge < -0.3 is 10.5 Å². The molecule has 15 heavy (non-hydrogen) atoms. The molecular formula is C11H16ClNOS. The Morgan fingerprint density at radius 3 is 2.87 bits per heavy atom. The van der Waals surface area contributed by atoms with Crippen molar-refractivity contribution < 1.29 is 4.74 Å². The Hall–Kier alpha value is -0.380. The Morgan fingerprint density at radius 1 is 1.47 bits per heavy atom. The molecule has 2 N–H and O–H groups in total. The summed E-state index contributed by atoms with van der Waals surface area (Å²) in [6.07, 6.45) is 2.90. The smallest absolute Gasteiger partial charge is 0.137 e. The van der Waals surface area contributed by atoms with E-state index in [1.54, 1.807) is 11.8 Å². The van der Waals surface area contributed by atoms with Crippen molar-refractivity contribution in [2.75, 3.05) is 25.2 Å². The second-order valence-corrected chi connectivity index (χ2v) is 4.54. The fourth-order valence-electron chi connectivity index (χ4n) is 1.22. The molecule has 0 aliphatic carbocycles. The van der Waals surface area contributed by atoms with E-state index in [2.05, 4.69) is 6.26 Å². The van der Waals surface area contributed by atoms with E-state index in [0.717, 1.165) is 23.5 Å². The molecular weight excluding hydrogens is 230 g/mol. The molecule has 1 rings (SSSR count). The monoisotopic (exact) mass is 245 g/mol. The lowest BCUT2D eigenvalue weighted by atomic mass is 10.1. The Labute approximate surface area is 100 Å². The van der Waals surface area contributed by atoms with Crippen LogP contribution in [0.15, 0.2) is 18.2 Å². The lowest BCUT2D eigenvalue weighted by Gasteiger charge is -2.08. The van der Waals surface area contributed by atoms with E-state index in [1.165, 1.54) is 0 Å². The number of ether oxygens (including phenoxy) is 1. The van der Waals surface area contributed by atoms with Crippen LogP contribution in [0.1, 0.15) is 5.56 Å². The first-order chi connectivity index (χ1) is 7.27. The number of nitrogens with two attached hydrogens (primary N) is 1. The molecule has 0 unspecified atom stereocenters. The van der Waals surface area contributed by atoms with E-state index in [4.69, 9.17) is 22.1 Å². The van der Waals surface area contributed by atoms with Gasteiger partial charge in [0.1, 0.15) is 5.75 Å². The van der Waals surface area contributed by atoms with Crippen LogP contribution in [-0.2, 0) is 6.42 Å². The third-order valence-corrected chi connectivity index (χ3v) is 2.84. The van der Waals surface area contributed by atoms with Gasteiger partial charge >= 0.3 is 0 Å². The van der Waals surface area contributed by atoms with Crippen molar-refractivity contribution in [1.82, 2.24) is 0 Å². The van der Waals surface area contributed by atoms with Crippen LogP contribution < -0.4 is 10.5 Å². The molecule has 84 valence electrons. The number of hydrogen-bond donors (Lipinski definition) is 1. The molecule has 4 heteroatoms. The summed E-state index contributed by atoms with van der Waals surface area (Å²) >= 11 is 7.82. The first kappa shape index (κ1) is 12.7. The zero-order valence-corrected chi connectivity index (χ0v) is 10.4. The van der Waals surface area contributed by atoms with Crippen molar-refractivity contribution in [1.29, 1.82) is 0 Å². The molecule has 0 bridgehead atoms. The molecule has 0 fully saturated rings. The summed E-state index contributed by atoms with van der Waals surface area (Å²) in [5, 5.41) is 0.669. The van der Waals surface area contributed by atoms with Crippen LogP contribution in [0.25, 0.3) is 0 Å². The highest BCUT2D eigenvalue weighted by molar-refractivity contribution is 7.98. The van der Waals surface area contributed by atoms with Crippen LogP contribution in [-0.4, -0.2) is 25.2 Å². The highest BCUT2D eigenvalue weighted by Crippen LogP contribution is 2.25. The molecule has 0 spiro atoms. The van der Waals surface area contributed by atoms with Crippen molar-refractivity contribution in [3.63, 3.8) is 0 Å². The van der Waals surface area contributed by atoms with E-state index < -0.39 is 0 Å². The maximum atomic E-state index is 6.07. The molecule has 1 aromatic rings. The van der Waals surface area contributed by atoms with Gasteiger partial charge in [-0.2, -0.15) is 11.8 Å². The maximum absolute atomic E-state index is 6.07. The average molecular weight is 246 g/mol. The van der Waals surface area contributed by atoms with E-state index in [-0.39, 0.29) is 0 Å². The lowest BCUT2D eigenvalue weighted by molar-refractivity contribution is 0.344. The third-order valence-electron chi connectivity index (χ3n) is 1.97. The highest BCUT2D eigenvalue weighted by atomic mass is 35.5. The largest absolute Gasteiger partial charge is 0.491 e. The van der Waals surface area contributed by atoms with Gasteiger partial charge in [-0.1, -0.05) is 17.7 Å². The summed E-state index contributed by atoms with van der Waals surface area (Å²) in [6.45, 7) is 1.33. The predicted molar refractivity (Wildman–Crippen MR) is 68.1 cm³/mol. The second-order valence-electron chi connectivity index (χ2n) is 3.14. The fraction of sp³-hybridized carbons (Fsp3) is 0.455. The minimum Gasteiger partial charge on any atom is -0.491 e. The van der Waals surface area contributed by atoms with Gasteiger partial charge in [0.25, 0.3) is 0 Å². The normalized spacial score (nSPS) is 10.3. The Bertz CT molecular complexity index is 307. The quantitative estimate of drug-likeness (QED) is 0.783. The Morgan fingerprint density at radius 2 is 2.27 bits per heavy atom. The van der Waals surface area contributed by atoms with Gasteiger partial charge in [-0.15, -0.1) is 0 Å². The first-order valence-corrected chi connectivity index (χ1v) is 6.65. The minimum absolute atomic E-state index is 0.642. The maximum Gasteiger partial charge on any atom is 0.137 e. The molecule has 0 radical (unpaired) electrons. The fourth-order valence-corrected chi connectivity index (χ4v) is 1.73. The molecule has 0 saturated carbocycles. The van der Waals surface area contributed by atoms with Gasteiger partial charge in [-0.25, -0.2) is 0 Å². The molecule has 0 atom stereocenters. The van der Waals surface area contributed by atoms with Gasteiger partial charge in [0.05, 0.1) is 11.6 Å². The van der Waals surface area contributed by atoms with Crippen molar-refractivity contribution in [3.05, 3.63) is 28.8 Å². The van der Waals surface area contributed by atoms with Crippen molar-refractivity contribution in [2.24, 2.45) is 5.73 Å². The van der Waals surface area contributed by atoms with Crippen LogP contribution in [0, 0.1) is 0 Å². The number of thioether (sulfide) groups is 1. The average Bonchev–Trinajstić information content (AvgIpc) is 2.22. The van der Waals surface area contributed by atoms with Crippen LogP contribution in [0.3, 0.4) is 0 Å². The minimum atomic E-state index is 0.642. The summed E-state index contributed by atoms with van der Waals surface area (Å²) in [4.78, 5) is 0. The van der Waals surface area contributed by atoms with Gasteiger partial charge in [0, 0.05) is 5.75 Å². The zero-order chi connectivity index (χ0) is 11.1. The Kier molecular flexibility index (Phi) is 5.91. The van der Waals surface area contributed by atoms with E-state index in [1.807, 2.05) is 18.2 Å². The predicted octanol–water partition coefficient (Wildman–Crippen LogP) is 2.58. The van der Waals surface area contributed by atoms with Crippen LogP contribution in [0.5, 0.6) is 5.75 Å². The number of halogens is 1. The van der Waals surface area contributed by atoms with Gasteiger partial charge in [-0.05, 0) is 36.9 Å². The number of hydrogen-bond acceptors (Lipinski definition) is 3. The topological polar surface area (TPSA) is 35.2 Å². The van der Waals surface area contributed by atoms with E-state index in [9.17, 15) is 0 Å². The summed E-state index contributed by atoms with van der Waals surface area (Å²) < 4.78 is 5.53. The summed E-state index contributed by atoms with van der Waals surface area (Å²) in [5.74, 6) is 1.73. The summed E-state index contributed by atoms with van der Waals surface area (Å²) in [5.41, 5.74) is 6.62. The molecule has 0 aromatic heterocycles. The molecule has 2 nitrogen and oxygen atoms in total. The van der Waals surface area contributed by atoms with Crippen LogP contribution in [0.2, 0.25) is 5.02 Å². The molecule has 1 aromatic carbocycles. The summed E-state index contributed by atoms with van der Waals surface area (Å²) in [6, 6.07) is 5.84. The Balaban J connectivity index is 2.58. The molecule has 0 aliphatic rings. The molecule has 0 aliphatic heterocycles. The van der Waals surface area contributed by atoms with Gasteiger partial charge in [0.2, 0.25) is 0 Å². The molecule has 0 amide bonds. The highest BCUT2D eigenvalue weighted by Gasteiger charge is 2.02. The van der Waals surface area contributed by atoms with E-state index in [0.29, 0.717) is 18.2 Å². The van der Waals surface area contributed by atoms with Gasteiger partial charge in [0.15, 0.2) is 0 Å². The number of rotatable bonds is 6.